The first-order valence-electron chi connectivity index (χ1n) is 18.1. The number of para-hydroxylation sites is 2. The molecule has 0 amide bonds. The monoisotopic (exact) mass is 689 g/mol. The van der Waals surface area contributed by atoms with E-state index >= 15 is 0 Å². The van der Waals surface area contributed by atoms with Crippen molar-refractivity contribution >= 4 is 54.6 Å². The van der Waals surface area contributed by atoms with Crippen LogP contribution in [-0.4, -0.2) is 15.0 Å². The van der Waals surface area contributed by atoms with Gasteiger partial charge in [-0.15, -0.1) is 0 Å². The minimum absolute atomic E-state index is 0.584. The van der Waals surface area contributed by atoms with E-state index in [4.69, 9.17) is 23.8 Å². The van der Waals surface area contributed by atoms with Crippen molar-refractivity contribution in [2.24, 2.45) is 0 Å². The summed E-state index contributed by atoms with van der Waals surface area (Å²) >= 11 is 0. The number of aromatic nitrogens is 3. The van der Waals surface area contributed by atoms with Crippen molar-refractivity contribution in [2.45, 2.75) is 0 Å². The van der Waals surface area contributed by atoms with Crippen LogP contribution in [0.1, 0.15) is 0 Å². The summed E-state index contributed by atoms with van der Waals surface area (Å²) in [4.78, 5) is 16.1. The van der Waals surface area contributed by atoms with E-state index in [-0.39, 0.29) is 0 Å². The van der Waals surface area contributed by atoms with E-state index in [1.165, 1.54) is 27.5 Å². The SMILES string of the molecule is c1ccc(-c2cccc3oc4ccccc4c23)c(-c2nc(-c3cccc4c3-c3cccc5cccc-4c35)nc(-c3cccc4oc5ccccc5c34)n2)c1. The van der Waals surface area contributed by atoms with Crippen LogP contribution in [0.4, 0.5) is 0 Å². The normalized spacial score (nSPS) is 12.1. The van der Waals surface area contributed by atoms with Crippen LogP contribution in [0, 0.1) is 0 Å². The second-order valence-corrected chi connectivity index (χ2v) is 13.8. The molecule has 5 nitrogen and oxygen atoms in total. The highest BCUT2D eigenvalue weighted by Gasteiger charge is 2.27. The molecule has 0 aliphatic heterocycles. The second-order valence-electron chi connectivity index (χ2n) is 13.8. The molecular formula is C49H27N3O2. The molecule has 0 radical (unpaired) electrons. The number of furan rings is 2. The van der Waals surface area contributed by atoms with Crippen molar-refractivity contribution < 1.29 is 8.83 Å². The molecule has 12 rings (SSSR count). The number of rotatable bonds is 4. The molecule has 11 aromatic rings. The van der Waals surface area contributed by atoms with E-state index in [9.17, 15) is 0 Å². The molecule has 3 heterocycles. The zero-order valence-corrected chi connectivity index (χ0v) is 28.7. The summed E-state index contributed by atoms with van der Waals surface area (Å²) in [6.45, 7) is 0. The molecule has 250 valence electrons. The largest absolute Gasteiger partial charge is 0.456 e. The Morgan fingerprint density at radius 2 is 0.704 bits per heavy atom. The smallest absolute Gasteiger partial charge is 0.164 e. The lowest BCUT2D eigenvalue weighted by Crippen LogP contribution is -2.02. The summed E-state index contributed by atoms with van der Waals surface area (Å²) in [6.07, 6.45) is 0. The van der Waals surface area contributed by atoms with Gasteiger partial charge in [0.25, 0.3) is 0 Å². The molecule has 3 aromatic heterocycles. The Kier molecular flexibility index (Phi) is 5.99. The van der Waals surface area contributed by atoms with Crippen LogP contribution < -0.4 is 0 Å². The highest BCUT2D eigenvalue weighted by Crippen LogP contribution is 2.51. The Bertz CT molecular complexity index is 3350. The molecule has 54 heavy (non-hydrogen) atoms. The van der Waals surface area contributed by atoms with Crippen molar-refractivity contribution in [1.82, 2.24) is 15.0 Å². The zero-order valence-electron chi connectivity index (χ0n) is 28.7. The molecule has 8 aromatic carbocycles. The fourth-order valence-corrected chi connectivity index (χ4v) is 8.64. The van der Waals surface area contributed by atoms with Crippen LogP contribution in [-0.2, 0) is 0 Å². The van der Waals surface area contributed by atoms with Gasteiger partial charge in [0.05, 0.1) is 0 Å². The minimum atomic E-state index is 0.584. The fourth-order valence-electron chi connectivity index (χ4n) is 8.64. The van der Waals surface area contributed by atoms with E-state index in [1.54, 1.807) is 0 Å². The number of benzene rings is 8. The average Bonchev–Trinajstić information content (AvgIpc) is 3.91. The van der Waals surface area contributed by atoms with Crippen molar-refractivity contribution in [3.63, 3.8) is 0 Å². The molecule has 0 saturated heterocycles. The minimum Gasteiger partial charge on any atom is -0.456 e. The van der Waals surface area contributed by atoms with E-state index in [0.717, 1.165) is 77.3 Å². The van der Waals surface area contributed by atoms with E-state index in [2.05, 4.69) is 115 Å². The third kappa shape index (κ3) is 4.12. The van der Waals surface area contributed by atoms with E-state index in [1.807, 2.05) is 48.5 Å². The lowest BCUT2D eigenvalue weighted by molar-refractivity contribution is 0.668. The maximum Gasteiger partial charge on any atom is 0.164 e. The molecule has 5 heteroatoms. The summed E-state index contributed by atoms with van der Waals surface area (Å²) in [5.74, 6) is 1.79. The molecule has 1 aliphatic carbocycles. The topological polar surface area (TPSA) is 65.0 Å². The molecule has 0 atom stereocenters. The third-order valence-electron chi connectivity index (χ3n) is 10.9. The molecule has 0 fully saturated rings. The van der Waals surface area contributed by atoms with Gasteiger partial charge in [-0.2, -0.15) is 0 Å². The fraction of sp³-hybridized carbons (Fsp3) is 0. The van der Waals surface area contributed by atoms with Crippen LogP contribution in [0.15, 0.2) is 173 Å². The van der Waals surface area contributed by atoms with Crippen molar-refractivity contribution in [1.29, 1.82) is 0 Å². The van der Waals surface area contributed by atoms with Gasteiger partial charge in [0.15, 0.2) is 17.5 Å². The predicted molar refractivity (Wildman–Crippen MR) is 218 cm³/mol. The maximum atomic E-state index is 6.34. The summed E-state index contributed by atoms with van der Waals surface area (Å²) in [5.41, 5.74) is 12.9. The van der Waals surface area contributed by atoms with Gasteiger partial charge in [-0.25, -0.2) is 15.0 Å². The molecule has 0 spiro atoms. The molecule has 0 saturated carbocycles. The quantitative estimate of drug-likeness (QED) is 0.184. The van der Waals surface area contributed by atoms with Gasteiger partial charge in [0.1, 0.15) is 22.3 Å². The summed E-state index contributed by atoms with van der Waals surface area (Å²) in [5, 5.41) is 6.62. The number of hydrogen-bond acceptors (Lipinski definition) is 5. The van der Waals surface area contributed by atoms with Gasteiger partial charge < -0.3 is 8.83 Å². The second kappa shape index (κ2) is 11.1. The first-order valence-corrected chi connectivity index (χ1v) is 18.1. The summed E-state index contributed by atoms with van der Waals surface area (Å²) in [7, 11) is 0. The van der Waals surface area contributed by atoms with Gasteiger partial charge >= 0.3 is 0 Å². The van der Waals surface area contributed by atoms with Crippen molar-refractivity contribution in [2.75, 3.05) is 0 Å². The van der Waals surface area contributed by atoms with Crippen LogP contribution in [0.2, 0.25) is 0 Å². The van der Waals surface area contributed by atoms with Gasteiger partial charge in [0.2, 0.25) is 0 Å². The van der Waals surface area contributed by atoms with Crippen molar-refractivity contribution in [3.8, 4) is 67.5 Å². The number of hydrogen-bond donors (Lipinski definition) is 0. The molecule has 0 N–H and O–H groups in total. The Morgan fingerprint density at radius 3 is 1.41 bits per heavy atom. The standard InChI is InChI=1S/C49H27N3O2/c1-2-15-33(29(14-1)30-20-10-26-41-45(30)34-16-3-5-24-39(34)53-41)47-50-48(37-22-9-19-32-31-18-7-12-28-13-8-21-36(43(28)31)44(32)37)52-49(51-47)38-23-11-27-42-46(38)35-17-4-6-25-40(35)54-42/h1-27H. The van der Waals surface area contributed by atoms with Gasteiger partial charge in [-0.1, -0.05) is 140 Å². The van der Waals surface area contributed by atoms with Gasteiger partial charge in [-0.05, 0) is 62.9 Å². The Morgan fingerprint density at radius 1 is 0.278 bits per heavy atom. The Labute approximate surface area is 308 Å². The molecular weight excluding hydrogens is 663 g/mol. The molecule has 0 bridgehead atoms. The predicted octanol–water partition coefficient (Wildman–Crippen LogP) is 13.1. The Balaban J connectivity index is 1.16. The summed E-state index contributed by atoms with van der Waals surface area (Å²) < 4.78 is 12.7. The lowest BCUT2D eigenvalue weighted by atomic mass is 9.94. The van der Waals surface area contributed by atoms with Crippen molar-refractivity contribution in [3.05, 3.63) is 164 Å². The molecule has 1 aliphatic rings. The highest BCUT2D eigenvalue weighted by molar-refractivity contribution is 6.18. The van der Waals surface area contributed by atoms with Gasteiger partial charge in [-0.3, -0.25) is 0 Å². The average molecular weight is 690 g/mol. The van der Waals surface area contributed by atoms with Gasteiger partial charge in [0, 0.05) is 43.8 Å². The van der Waals surface area contributed by atoms with Crippen LogP contribution in [0.3, 0.4) is 0 Å². The maximum absolute atomic E-state index is 6.34. The third-order valence-corrected chi connectivity index (χ3v) is 10.9. The highest BCUT2D eigenvalue weighted by atomic mass is 16.3. The summed E-state index contributed by atoms with van der Waals surface area (Å²) in [6, 6.07) is 56.6. The van der Waals surface area contributed by atoms with E-state index < -0.39 is 0 Å². The lowest BCUT2D eigenvalue weighted by Gasteiger charge is -2.14. The molecule has 0 unspecified atom stereocenters. The first kappa shape index (κ1) is 29.2. The number of fused-ring (bicyclic) bond motifs is 9. The number of nitrogens with zero attached hydrogens (tertiary/aromatic N) is 3. The van der Waals surface area contributed by atoms with E-state index in [0.29, 0.717) is 17.5 Å². The Hall–Kier alpha value is -7.37. The van der Waals surface area contributed by atoms with Crippen LogP contribution in [0.25, 0.3) is 122 Å². The van der Waals surface area contributed by atoms with Crippen LogP contribution in [0.5, 0.6) is 0 Å². The first-order chi connectivity index (χ1) is 26.8. The zero-order chi connectivity index (χ0) is 35.3. The van der Waals surface area contributed by atoms with Crippen LogP contribution >= 0.6 is 0 Å².